The molecule has 0 fully saturated rings. The molecule has 0 amide bonds. The first kappa shape index (κ1) is 9.68. The van der Waals surface area contributed by atoms with Crippen LogP contribution in [0.2, 0.25) is 0 Å². The number of carbonyl (C=O) groups excluding carboxylic acids is 1. The van der Waals surface area contributed by atoms with E-state index < -0.39 is 0 Å². The Balaban J connectivity index is 2.71. The van der Waals surface area contributed by atoms with E-state index in [9.17, 15) is 4.79 Å². The third-order valence-corrected chi connectivity index (χ3v) is 1.68. The Bertz CT molecular complexity index is 303. The first-order valence-corrected chi connectivity index (χ1v) is 4.17. The fourth-order valence-electron chi connectivity index (χ4n) is 1.05. The zero-order valence-electron chi connectivity index (χ0n) is 7.31. The molecule has 1 aromatic rings. The van der Waals surface area contributed by atoms with Crippen LogP contribution in [0.25, 0.3) is 6.08 Å². The number of rotatable bonds is 4. The summed E-state index contributed by atoms with van der Waals surface area (Å²) in [5, 5.41) is 8.85. The van der Waals surface area contributed by atoms with E-state index in [2.05, 4.69) is 0 Å². The largest absolute Gasteiger partial charge is 0.392 e. The van der Waals surface area contributed by atoms with Gasteiger partial charge >= 0.3 is 0 Å². The zero-order valence-corrected chi connectivity index (χ0v) is 7.31. The number of benzene rings is 1. The number of aldehydes is 1. The molecule has 0 atom stereocenters. The van der Waals surface area contributed by atoms with Crippen molar-refractivity contribution in [3.8, 4) is 0 Å². The normalized spacial score (nSPS) is 10.5. The van der Waals surface area contributed by atoms with Crippen molar-refractivity contribution in [3.05, 3.63) is 41.5 Å². The van der Waals surface area contributed by atoms with Gasteiger partial charge in [0.05, 0.1) is 6.61 Å². The van der Waals surface area contributed by atoms with E-state index in [1.54, 1.807) is 6.08 Å². The summed E-state index contributed by atoms with van der Waals surface area (Å²) in [6.45, 7) is 0.0510. The van der Waals surface area contributed by atoms with Crippen molar-refractivity contribution in [1.29, 1.82) is 0 Å². The van der Waals surface area contributed by atoms with E-state index in [1.165, 1.54) is 0 Å². The Morgan fingerprint density at radius 1 is 1.38 bits per heavy atom. The lowest BCUT2D eigenvalue weighted by atomic mass is 10.1. The predicted molar refractivity (Wildman–Crippen MR) is 52.1 cm³/mol. The van der Waals surface area contributed by atoms with Crippen LogP contribution < -0.4 is 0 Å². The van der Waals surface area contributed by atoms with Crippen molar-refractivity contribution in [2.75, 3.05) is 0 Å². The van der Waals surface area contributed by atoms with Crippen molar-refractivity contribution in [2.24, 2.45) is 0 Å². The molecule has 2 nitrogen and oxygen atoms in total. The van der Waals surface area contributed by atoms with Gasteiger partial charge in [0, 0.05) is 6.42 Å². The van der Waals surface area contributed by atoms with E-state index in [1.807, 2.05) is 30.3 Å². The first-order valence-electron chi connectivity index (χ1n) is 4.17. The van der Waals surface area contributed by atoms with Gasteiger partial charge in [-0.25, -0.2) is 0 Å². The standard InChI is InChI=1S/C11H12O2/c12-7-2-1-4-10-5-3-6-11(8-10)9-13/h1,3-8,13H,2,9H2. The predicted octanol–water partition coefficient (Wildman–Crippen LogP) is 1.78. The summed E-state index contributed by atoms with van der Waals surface area (Å²) in [6, 6.07) is 7.56. The molecular weight excluding hydrogens is 164 g/mol. The smallest absolute Gasteiger partial charge is 0.123 e. The second-order valence-electron chi connectivity index (χ2n) is 2.71. The molecule has 68 valence electrons. The average Bonchev–Trinajstić information content (AvgIpc) is 2.19. The van der Waals surface area contributed by atoms with E-state index in [-0.39, 0.29) is 6.61 Å². The molecule has 0 unspecified atom stereocenters. The molecule has 0 bridgehead atoms. The maximum Gasteiger partial charge on any atom is 0.123 e. The Kier molecular flexibility index (Phi) is 3.93. The minimum absolute atomic E-state index is 0.0510. The molecule has 0 aliphatic heterocycles. The summed E-state index contributed by atoms with van der Waals surface area (Å²) in [7, 11) is 0. The molecular formula is C11H12O2. The average molecular weight is 176 g/mol. The molecule has 13 heavy (non-hydrogen) atoms. The van der Waals surface area contributed by atoms with Gasteiger partial charge in [0.25, 0.3) is 0 Å². The van der Waals surface area contributed by atoms with Crippen LogP contribution in [0.4, 0.5) is 0 Å². The molecule has 0 aromatic heterocycles. The van der Waals surface area contributed by atoms with Crippen LogP contribution in [0.1, 0.15) is 17.5 Å². The molecule has 0 spiro atoms. The molecule has 0 aliphatic carbocycles. The van der Waals surface area contributed by atoms with Crippen LogP contribution in [-0.4, -0.2) is 11.4 Å². The molecule has 0 saturated heterocycles. The lowest BCUT2D eigenvalue weighted by Gasteiger charge is -1.96. The van der Waals surface area contributed by atoms with Gasteiger partial charge in [-0.2, -0.15) is 0 Å². The van der Waals surface area contributed by atoms with Gasteiger partial charge in [0.15, 0.2) is 0 Å². The number of hydrogen-bond donors (Lipinski definition) is 1. The minimum atomic E-state index is 0.0510. The SMILES string of the molecule is O=CCC=Cc1cccc(CO)c1. The summed E-state index contributed by atoms with van der Waals surface area (Å²) in [5.74, 6) is 0. The van der Waals surface area contributed by atoms with Crippen molar-refractivity contribution < 1.29 is 9.90 Å². The Morgan fingerprint density at radius 2 is 2.23 bits per heavy atom. The first-order chi connectivity index (χ1) is 6.36. The maximum atomic E-state index is 10.0. The second kappa shape index (κ2) is 5.27. The van der Waals surface area contributed by atoms with Crippen molar-refractivity contribution in [1.82, 2.24) is 0 Å². The van der Waals surface area contributed by atoms with Gasteiger partial charge in [-0.15, -0.1) is 0 Å². The zero-order chi connectivity index (χ0) is 9.52. The van der Waals surface area contributed by atoms with E-state index >= 15 is 0 Å². The molecule has 1 N–H and O–H groups in total. The fraction of sp³-hybridized carbons (Fsp3) is 0.182. The van der Waals surface area contributed by atoms with Gasteiger partial charge in [-0.05, 0) is 17.2 Å². The van der Waals surface area contributed by atoms with E-state index in [0.717, 1.165) is 17.4 Å². The molecule has 1 aromatic carbocycles. The summed E-state index contributed by atoms with van der Waals surface area (Å²) in [5.41, 5.74) is 1.89. The molecule has 0 aliphatic rings. The highest BCUT2D eigenvalue weighted by Crippen LogP contribution is 2.06. The highest BCUT2D eigenvalue weighted by molar-refractivity contribution is 5.58. The Hall–Kier alpha value is -1.41. The molecule has 0 saturated carbocycles. The number of hydrogen-bond acceptors (Lipinski definition) is 2. The van der Waals surface area contributed by atoms with Crippen molar-refractivity contribution in [2.45, 2.75) is 13.0 Å². The lowest BCUT2D eigenvalue weighted by Crippen LogP contribution is -1.82. The molecule has 1 rings (SSSR count). The monoisotopic (exact) mass is 176 g/mol. The van der Waals surface area contributed by atoms with Crippen LogP contribution in [0.3, 0.4) is 0 Å². The van der Waals surface area contributed by atoms with Crippen molar-refractivity contribution >= 4 is 12.4 Å². The highest BCUT2D eigenvalue weighted by Gasteiger charge is 1.90. The van der Waals surface area contributed by atoms with Gasteiger partial charge < -0.3 is 9.90 Å². The minimum Gasteiger partial charge on any atom is -0.392 e. The third kappa shape index (κ3) is 3.22. The van der Waals surface area contributed by atoms with Crippen LogP contribution in [0.5, 0.6) is 0 Å². The second-order valence-corrected chi connectivity index (χ2v) is 2.71. The quantitative estimate of drug-likeness (QED) is 0.710. The summed E-state index contributed by atoms with van der Waals surface area (Å²) in [4.78, 5) is 10.0. The van der Waals surface area contributed by atoms with E-state index in [0.29, 0.717) is 6.42 Å². The number of carbonyl (C=O) groups is 1. The van der Waals surface area contributed by atoms with Crippen LogP contribution in [-0.2, 0) is 11.4 Å². The summed E-state index contributed by atoms with van der Waals surface area (Å²) >= 11 is 0. The third-order valence-electron chi connectivity index (χ3n) is 1.68. The molecule has 2 heteroatoms. The topological polar surface area (TPSA) is 37.3 Å². The summed E-state index contributed by atoms with van der Waals surface area (Å²) in [6.07, 6.45) is 4.95. The number of aliphatic hydroxyl groups excluding tert-OH is 1. The summed E-state index contributed by atoms with van der Waals surface area (Å²) < 4.78 is 0. The Labute approximate surface area is 77.5 Å². The number of allylic oxidation sites excluding steroid dienone is 1. The lowest BCUT2D eigenvalue weighted by molar-refractivity contribution is -0.107. The molecule has 0 heterocycles. The number of aliphatic hydroxyl groups is 1. The fourth-order valence-corrected chi connectivity index (χ4v) is 1.05. The van der Waals surface area contributed by atoms with Gasteiger partial charge in [-0.1, -0.05) is 30.4 Å². The van der Waals surface area contributed by atoms with Gasteiger partial charge in [-0.3, -0.25) is 0 Å². The highest BCUT2D eigenvalue weighted by atomic mass is 16.3. The van der Waals surface area contributed by atoms with Gasteiger partial charge in [0.2, 0.25) is 0 Å². The molecule has 0 radical (unpaired) electrons. The van der Waals surface area contributed by atoms with Crippen LogP contribution in [0, 0.1) is 0 Å². The maximum absolute atomic E-state index is 10.0. The Morgan fingerprint density at radius 3 is 2.92 bits per heavy atom. The van der Waals surface area contributed by atoms with Gasteiger partial charge in [0.1, 0.15) is 6.29 Å². The van der Waals surface area contributed by atoms with Crippen LogP contribution in [0.15, 0.2) is 30.3 Å². The van der Waals surface area contributed by atoms with Crippen molar-refractivity contribution in [3.63, 3.8) is 0 Å². The van der Waals surface area contributed by atoms with Crippen LogP contribution >= 0.6 is 0 Å². The van der Waals surface area contributed by atoms with E-state index in [4.69, 9.17) is 5.11 Å².